The van der Waals surface area contributed by atoms with E-state index in [9.17, 15) is 9.59 Å². The van der Waals surface area contributed by atoms with E-state index >= 15 is 0 Å². The fraction of sp³-hybridized carbons (Fsp3) is 0.267. The molecule has 5 heteroatoms. The van der Waals surface area contributed by atoms with Crippen LogP contribution in [0.4, 0.5) is 5.69 Å². The molecular weight excluding hydrogens is 256 g/mol. The van der Waals surface area contributed by atoms with E-state index in [0.717, 1.165) is 0 Å². The molecule has 20 heavy (non-hydrogen) atoms. The number of aromatic nitrogens is 1. The van der Waals surface area contributed by atoms with E-state index in [1.54, 1.807) is 24.5 Å². The van der Waals surface area contributed by atoms with Crippen LogP contribution in [0.1, 0.15) is 39.8 Å². The van der Waals surface area contributed by atoms with Gasteiger partial charge in [-0.1, -0.05) is 6.92 Å². The summed E-state index contributed by atoms with van der Waals surface area (Å²) in [4.78, 5) is 28.2. The molecule has 0 aromatic carbocycles. The Morgan fingerprint density at radius 1 is 1.35 bits per heavy atom. The largest absolute Gasteiger partial charge is 0.468 e. The Morgan fingerprint density at radius 2 is 2.10 bits per heavy atom. The quantitative estimate of drug-likeness (QED) is 0.910. The van der Waals surface area contributed by atoms with Crippen molar-refractivity contribution in [2.24, 2.45) is 5.92 Å². The first-order chi connectivity index (χ1) is 9.65. The highest BCUT2D eigenvalue weighted by molar-refractivity contribution is 6.13. The van der Waals surface area contributed by atoms with Crippen LogP contribution in [0.2, 0.25) is 0 Å². The first-order valence-corrected chi connectivity index (χ1v) is 6.50. The molecule has 0 radical (unpaired) electrons. The smallest absolute Gasteiger partial charge is 0.259 e. The molecule has 0 saturated heterocycles. The first-order valence-electron chi connectivity index (χ1n) is 6.50. The molecule has 5 nitrogen and oxygen atoms in total. The van der Waals surface area contributed by atoms with Crippen LogP contribution in [0.25, 0.3) is 0 Å². The predicted octanol–water partition coefficient (Wildman–Crippen LogP) is 2.69. The van der Waals surface area contributed by atoms with Crippen LogP contribution in [0.3, 0.4) is 0 Å². The third-order valence-corrected chi connectivity index (χ3v) is 3.40. The van der Waals surface area contributed by atoms with E-state index in [-0.39, 0.29) is 17.6 Å². The SMILES string of the molecule is CC1CC(=O)c2c(C(=O)Nc3ccncc3)coc2C1. The summed E-state index contributed by atoms with van der Waals surface area (Å²) in [5.74, 6) is 0.530. The van der Waals surface area contributed by atoms with Gasteiger partial charge in [-0.15, -0.1) is 0 Å². The first kappa shape index (κ1) is 12.6. The monoisotopic (exact) mass is 270 g/mol. The Kier molecular flexibility index (Phi) is 3.10. The number of nitrogens with one attached hydrogen (secondary N) is 1. The van der Waals surface area contributed by atoms with E-state index in [1.165, 1.54) is 6.26 Å². The number of furan rings is 1. The summed E-state index contributed by atoms with van der Waals surface area (Å²) in [6, 6.07) is 3.38. The van der Waals surface area contributed by atoms with Gasteiger partial charge >= 0.3 is 0 Å². The lowest BCUT2D eigenvalue weighted by Crippen LogP contribution is -2.21. The maximum atomic E-state index is 12.2. The molecule has 1 unspecified atom stereocenters. The lowest BCUT2D eigenvalue weighted by atomic mass is 9.87. The molecule has 1 aliphatic carbocycles. The predicted molar refractivity (Wildman–Crippen MR) is 72.7 cm³/mol. The van der Waals surface area contributed by atoms with E-state index in [2.05, 4.69) is 10.3 Å². The summed E-state index contributed by atoms with van der Waals surface area (Å²) < 4.78 is 5.39. The standard InChI is InChI=1S/C15H14N2O3/c1-9-6-12(18)14-11(8-20-13(14)7-9)15(19)17-10-2-4-16-5-3-10/h2-5,8-9H,6-7H2,1H3,(H,16,17,19). The van der Waals surface area contributed by atoms with Crippen molar-refractivity contribution in [1.29, 1.82) is 0 Å². The van der Waals surface area contributed by atoms with Crippen LogP contribution in [0.5, 0.6) is 0 Å². The van der Waals surface area contributed by atoms with Crippen molar-refractivity contribution in [2.45, 2.75) is 19.8 Å². The van der Waals surface area contributed by atoms with Crippen molar-refractivity contribution < 1.29 is 14.0 Å². The van der Waals surface area contributed by atoms with E-state index in [1.807, 2.05) is 6.92 Å². The Hall–Kier alpha value is -2.43. The minimum absolute atomic E-state index is 0.0209. The van der Waals surface area contributed by atoms with Crippen LogP contribution in [-0.2, 0) is 6.42 Å². The number of rotatable bonds is 2. The zero-order chi connectivity index (χ0) is 14.1. The highest BCUT2D eigenvalue weighted by Crippen LogP contribution is 2.29. The maximum absolute atomic E-state index is 12.2. The Bertz CT molecular complexity index is 661. The number of pyridine rings is 1. The van der Waals surface area contributed by atoms with Crippen molar-refractivity contribution in [3.05, 3.63) is 47.7 Å². The van der Waals surface area contributed by atoms with Gasteiger partial charge in [0.1, 0.15) is 12.0 Å². The number of ketones is 1. The van der Waals surface area contributed by atoms with Gasteiger partial charge in [-0.3, -0.25) is 14.6 Å². The van der Waals surface area contributed by atoms with Crippen LogP contribution in [0, 0.1) is 5.92 Å². The Balaban J connectivity index is 1.88. The summed E-state index contributed by atoms with van der Waals surface area (Å²) in [6.45, 7) is 2.00. The van der Waals surface area contributed by atoms with Crippen LogP contribution >= 0.6 is 0 Å². The molecule has 0 saturated carbocycles. The molecule has 102 valence electrons. The van der Waals surface area contributed by atoms with Gasteiger partial charge in [-0.2, -0.15) is 0 Å². The molecule has 0 fully saturated rings. The highest BCUT2D eigenvalue weighted by Gasteiger charge is 2.30. The number of hydrogen-bond acceptors (Lipinski definition) is 4. The number of Topliss-reactive ketones (excluding diaryl/α,β-unsaturated/α-hetero) is 1. The van der Waals surface area contributed by atoms with Crippen molar-refractivity contribution in [2.75, 3.05) is 5.32 Å². The number of fused-ring (bicyclic) bond motifs is 1. The number of carbonyl (C=O) groups excluding carboxylic acids is 2. The fourth-order valence-electron chi connectivity index (χ4n) is 2.46. The van der Waals surface area contributed by atoms with Gasteiger partial charge < -0.3 is 9.73 Å². The number of nitrogens with zero attached hydrogens (tertiary/aromatic N) is 1. The van der Waals surface area contributed by atoms with E-state index < -0.39 is 0 Å². The van der Waals surface area contributed by atoms with Crippen molar-refractivity contribution >= 4 is 17.4 Å². The average Bonchev–Trinajstić information content (AvgIpc) is 2.84. The van der Waals surface area contributed by atoms with Gasteiger partial charge in [-0.25, -0.2) is 0 Å². The topological polar surface area (TPSA) is 72.2 Å². The van der Waals surface area contributed by atoms with Gasteiger partial charge in [0.15, 0.2) is 5.78 Å². The van der Waals surface area contributed by atoms with Crippen molar-refractivity contribution in [3.63, 3.8) is 0 Å². The molecule has 2 aromatic rings. The summed E-state index contributed by atoms with van der Waals surface area (Å²) in [6.07, 6.45) is 5.71. The summed E-state index contributed by atoms with van der Waals surface area (Å²) in [5, 5.41) is 2.74. The Labute approximate surface area is 116 Å². The molecule has 1 amide bonds. The minimum Gasteiger partial charge on any atom is -0.468 e. The Morgan fingerprint density at radius 3 is 2.85 bits per heavy atom. The number of anilines is 1. The third kappa shape index (κ3) is 2.22. The maximum Gasteiger partial charge on any atom is 0.259 e. The normalized spacial score (nSPS) is 17.6. The van der Waals surface area contributed by atoms with Crippen LogP contribution in [0.15, 0.2) is 35.2 Å². The van der Waals surface area contributed by atoms with Crippen LogP contribution in [-0.4, -0.2) is 16.7 Å². The van der Waals surface area contributed by atoms with Crippen molar-refractivity contribution in [3.8, 4) is 0 Å². The molecule has 1 aliphatic rings. The van der Waals surface area contributed by atoms with Crippen LogP contribution < -0.4 is 5.32 Å². The molecule has 2 aromatic heterocycles. The van der Waals surface area contributed by atoms with E-state index in [4.69, 9.17) is 4.42 Å². The summed E-state index contributed by atoms with van der Waals surface area (Å²) in [7, 11) is 0. The number of carbonyl (C=O) groups is 2. The van der Waals surface area contributed by atoms with Crippen molar-refractivity contribution in [1.82, 2.24) is 4.98 Å². The van der Waals surface area contributed by atoms with Gasteiger partial charge in [0.05, 0.1) is 11.1 Å². The molecule has 0 bridgehead atoms. The lowest BCUT2D eigenvalue weighted by molar-refractivity contribution is 0.0937. The molecule has 1 N–H and O–H groups in total. The molecule has 3 rings (SSSR count). The van der Waals surface area contributed by atoms with Gasteiger partial charge in [0.25, 0.3) is 5.91 Å². The zero-order valence-corrected chi connectivity index (χ0v) is 11.1. The third-order valence-electron chi connectivity index (χ3n) is 3.40. The lowest BCUT2D eigenvalue weighted by Gasteiger charge is -2.16. The van der Waals surface area contributed by atoms with Gasteiger partial charge in [-0.05, 0) is 18.1 Å². The molecule has 0 spiro atoms. The second-order valence-electron chi connectivity index (χ2n) is 5.07. The summed E-state index contributed by atoms with van der Waals surface area (Å²) in [5.41, 5.74) is 1.39. The number of hydrogen-bond donors (Lipinski definition) is 1. The van der Waals surface area contributed by atoms with Gasteiger partial charge in [0, 0.05) is 30.9 Å². The second kappa shape index (κ2) is 4.92. The second-order valence-corrected chi connectivity index (χ2v) is 5.07. The molecule has 2 heterocycles. The van der Waals surface area contributed by atoms with E-state index in [0.29, 0.717) is 35.4 Å². The summed E-state index contributed by atoms with van der Waals surface area (Å²) >= 11 is 0. The molecular formula is C15H14N2O3. The zero-order valence-electron chi connectivity index (χ0n) is 11.1. The minimum atomic E-state index is -0.330. The molecule has 1 atom stereocenters. The van der Waals surface area contributed by atoms with Gasteiger partial charge in [0.2, 0.25) is 0 Å². The number of amides is 1. The average molecular weight is 270 g/mol. The fourth-order valence-corrected chi connectivity index (χ4v) is 2.46. The highest BCUT2D eigenvalue weighted by atomic mass is 16.3. The molecule has 0 aliphatic heterocycles.